The number of carbonyl (C=O) groups is 1. The highest BCUT2D eigenvalue weighted by atomic mass is 16.5. The second kappa shape index (κ2) is 5.95. The number of benzene rings is 1. The highest BCUT2D eigenvalue weighted by Gasteiger charge is 2.19. The van der Waals surface area contributed by atoms with E-state index in [-0.39, 0.29) is 11.3 Å². The van der Waals surface area contributed by atoms with Crippen LogP contribution in [0.15, 0.2) is 42.6 Å². The molecule has 0 aliphatic rings. The van der Waals surface area contributed by atoms with Gasteiger partial charge >= 0.3 is 0 Å². The molecular formula is C17H20N2O2. The summed E-state index contributed by atoms with van der Waals surface area (Å²) in [6.07, 6.45) is 1.72. The van der Waals surface area contributed by atoms with Crippen LogP contribution in [0.3, 0.4) is 0 Å². The predicted molar refractivity (Wildman–Crippen MR) is 83.8 cm³/mol. The fourth-order valence-electron chi connectivity index (χ4n) is 1.96. The molecule has 0 aliphatic heterocycles. The minimum absolute atomic E-state index is 0.0419. The standard InChI is InChI=1S/C17H20N2O2/c1-12(20)19-13-7-9-14(10-8-13)21-16-15(17(2,3)4)6-5-11-18-16/h5-11H,1-4H3,(H,19,20). The molecule has 0 fully saturated rings. The third-order valence-corrected chi connectivity index (χ3v) is 2.97. The second-order valence-corrected chi connectivity index (χ2v) is 5.91. The number of pyridine rings is 1. The number of aromatic nitrogens is 1. The lowest BCUT2D eigenvalue weighted by Gasteiger charge is -2.21. The lowest BCUT2D eigenvalue weighted by molar-refractivity contribution is -0.114. The van der Waals surface area contributed by atoms with Gasteiger partial charge in [-0.15, -0.1) is 0 Å². The molecule has 0 atom stereocenters. The summed E-state index contributed by atoms with van der Waals surface area (Å²) in [5, 5.41) is 2.72. The van der Waals surface area contributed by atoms with Gasteiger partial charge in [0.1, 0.15) is 5.75 Å². The Morgan fingerprint density at radius 3 is 2.38 bits per heavy atom. The predicted octanol–water partition coefficient (Wildman–Crippen LogP) is 4.13. The van der Waals surface area contributed by atoms with Crippen LogP contribution in [-0.4, -0.2) is 10.9 Å². The van der Waals surface area contributed by atoms with E-state index in [1.807, 2.05) is 24.3 Å². The van der Waals surface area contributed by atoms with Gasteiger partial charge in [-0.2, -0.15) is 0 Å². The number of amides is 1. The molecule has 4 nitrogen and oxygen atoms in total. The van der Waals surface area contributed by atoms with Crippen molar-refractivity contribution in [2.75, 3.05) is 5.32 Å². The smallest absolute Gasteiger partial charge is 0.222 e. The number of ether oxygens (including phenoxy) is 1. The quantitative estimate of drug-likeness (QED) is 0.922. The van der Waals surface area contributed by atoms with E-state index in [0.717, 1.165) is 11.3 Å². The minimum atomic E-state index is -0.0941. The second-order valence-electron chi connectivity index (χ2n) is 5.91. The summed E-state index contributed by atoms with van der Waals surface area (Å²) in [4.78, 5) is 15.3. The molecule has 0 saturated heterocycles. The fraction of sp³-hybridized carbons (Fsp3) is 0.294. The molecule has 0 saturated carbocycles. The van der Waals surface area contributed by atoms with Gasteiger partial charge in [0.2, 0.25) is 11.8 Å². The van der Waals surface area contributed by atoms with Crippen LogP contribution >= 0.6 is 0 Å². The van der Waals surface area contributed by atoms with Gasteiger partial charge in [0.05, 0.1) is 0 Å². The zero-order chi connectivity index (χ0) is 15.5. The van der Waals surface area contributed by atoms with Gasteiger partial charge in [0.25, 0.3) is 0 Å². The molecule has 1 heterocycles. The number of carbonyl (C=O) groups excluding carboxylic acids is 1. The van der Waals surface area contributed by atoms with E-state index in [0.29, 0.717) is 11.6 Å². The SMILES string of the molecule is CC(=O)Nc1ccc(Oc2ncccc2C(C)(C)C)cc1. The molecule has 4 heteroatoms. The van der Waals surface area contributed by atoms with Crippen molar-refractivity contribution in [3.63, 3.8) is 0 Å². The van der Waals surface area contributed by atoms with E-state index >= 15 is 0 Å². The highest BCUT2D eigenvalue weighted by Crippen LogP contribution is 2.32. The van der Waals surface area contributed by atoms with E-state index in [2.05, 4.69) is 31.1 Å². The number of hydrogen-bond acceptors (Lipinski definition) is 3. The highest BCUT2D eigenvalue weighted by molar-refractivity contribution is 5.88. The summed E-state index contributed by atoms with van der Waals surface area (Å²) < 4.78 is 5.87. The molecule has 0 radical (unpaired) electrons. The topological polar surface area (TPSA) is 51.2 Å². The molecule has 21 heavy (non-hydrogen) atoms. The number of rotatable bonds is 3. The zero-order valence-electron chi connectivity index (χ0n) is 12.8. The molecule has 2 aromatic rings. The van der Waals surface area contributed by atoms with E-state index in [4.69, 9.17) is 4.74 Å². The summed E-state index contributed by atoms with van der Waals surface area (Å²) in [6.45, 7) is 7.85. The third kappa shape index (κ3) is 4.05. The normalized spacial score (nSPS) is 11.0. The Balaban J connectivity index is 2.21. The van der Waals surface area contributed by atoms with Crippen LogP contribution < -0.4 is 10.1 Å². The number of nitrogens with zero attached hydrogens (tertiary/aromatic N) is 1. The van der Waals surface area contributed by atoms with E-state index in [1.54, 1.807) is 18.3 Å². The van der Waals surface area contributed by atoms with Crippen LogP contribution in [-0.2, 0) is 10.2 Å². The number of nitrogens with one attached hydrogen (secondary N) is 1. The van der Waals surface area contributed by atoms with Crippen LogP contribution in [0.4, 0.5) is 5.69 Å². The van der Waals surface area contributed by atoms with Gasteiger partial charge in [0.15, 0.2) is 0 Å². The first-order chi connectivity index (χ1) is 9.86. The van der Waals surface area contributed by atoms with Crippen LogP contribution in [0.5, 0.6) is 11.6 Å². The lowest BCUT2D eigenvalue weighted by Crippen LogP contribution is -2.13. The van der Waals surface area contributed by atoms with Gasteiger partial charge < -0.3 is 10.1 Å². The van der Waals surface area contributed by atoms with E-state index < -0.39 is 0 Å². The Labute approximate surface area is 125 Å². The first-order valence-corrected chi connectivity index (χ1v) is 6.87. The molecule has 2 rings (SSSR count). The zero-order valence-corrected chi connectivity index (χ0v) is 12.8. The molecule has 110 valence electrons. The van der Waals surface area contributed by atoms with E-state index in [1.165, 1.54) is 6.92 Å². The molecule has 1 aromatic carbocycles. The Morgan fingerprint density at radius 1 is 1.14 bits per heavy atom. The summed E-state index contributed by atoms with van der Waals surface area (Å²) in [5.74, 6) is 1.20. The van der Waals surface area contributed by atoms with Gasteiger partial charge in [0, 0.05) is 24.4 Å². The Bertz CT molecular complexity index is 628. The van der Waals surface area contributed by atoms with Gasteiger partial charge in [-0.1, -0.05) is 26.8 Å². The van der Waals surface area contributed by atoms with Crippen molar-refractivity contribution in [3.8, 4) is 11.6 Å². The summed E-state index contributed by atoms with van der Waals surface area (Å²) in [5.41, 5.74) is 1.75. The van der Waals surface area contributed by atoms with Crippen molar-refractivity contribution in [3.05, 3.63) is 48.2 Å². The first-order valence-electron chi connectivity index (χ1n) is 6.87. The summed E-state index contributed by atoms with van der Waals surface area (Å²) in [6, 6.07) is 11.2. The Kier molecular flexibility index (Phi) is 4.26. The largest absolute Gasteiger partial charge is 0.439 e. The summed E-state index contributed by atoms with van der Waals surface area (Å²) in [7, 11) is 0. The number of anilines is 1. The summed E-state index contributed by atoms with van der Waals surface area (Å²) >= 11 is 0. The Hall–Kier alpha value is -2.36. The van der Waals surface area contributed by atoms with Crippen LogP contribution in [0.2, 0.25) is 0 Å². The molecule has 1 aromatic heterocycles. The minimum Gasteiger partial charge on any atom is -0.439 e. The maximum absolute atomic E-state index is 11.0. The van der Waals surface area contributed by atoms with Gasteiger partial charge in [-0.25, -0.2) is 4.98 Å². The third-order valence-electron chi connectivity index (χ3n) is 2.97. The van der Waals surface area contributed by atoms with Crippen molar-refractivity contribution < 1.29 is 9.53 Å². The molecule has 1 amide bonds. The molecule has 0 bridgehead atoms. The lowest BCUT2D eigenvalue weighted by atomic mass is 9.88. The van der Waals surface area contributed by atoms with Crippen LogP contribution in [0, 0.1) is 0 Å². The average Bonchev–Trinajstić information content (AvgIpc) is 2.40. The van der Waals surface area contributed by atoms with Crippen molar-refractivity contribution in [2.45, 2.75) is 33.1 Å². The molecule has 0 unspecified atom stereocenters. The molecule has 1 N–H and O–H groups in total. The molecule has 0 spiro atoms. The fourth-order valence-corrected chi connectivity index (χ4v) is 1.96. The van der Waals surface area contributed by atoms with Crippen LogP contribution in [0.1, 0.15) is 33.3 Å². The van der Waals surface area contributed by atoms with Gasteiger partial charge in [-0.3, -0.25) is 4.79 Å². The first kappa shape index (κ1) is 15.0. The van der Waals surface area contributed by atoms with Crippen molar-refractivity contribution >= 4 is 11.6 Å². The monoisotopic (exact) mass is 284 g/mol. The maximum atomic E-state index is 11.0. The van der Waals surface area contributed by atoms with Crippen molar-refractivity contribution in [2.24, 2.45) is 0 Å². The molecular weight excluding hydrogens is 264 g/mol. The van der Waals surface area contributed by atoms with Crippen molar-refractivity contribution in [1.82, 2.24) is 4.98 Å². The van der Waals surface area contributed by atoms with E-state index in [9.17, 15) is 4.79 Å². The maximum Gasteiger partial charge on any atom is 0.222 e. The average molecular weight is 284 g/mol. The van der Waals surface area contributed by atoms with Crippen LogP contribution in [0.25, 0.3) is 0 Å². The Morgan fingerprint density at radius 2 is 1.81 bits per heavy atom. The van der Waals surface area contributed by atoms with Gasteiger partial charge in [-0.05, 0) is 35.7 Å². The van der Waals surface area contributed by atoms with Crippen molar-refractivity contribution in [1.29, 1.82) is 0 Å². The molecule has 0 aliphatic carbocycles. The number of hydrogen-bond donors (Lipinski definition) is 1.